The predicted molar refractivity (Wildman–Crippen MR) is 115 cm³/mol. The van der Waals surface area contributed by atoms with Gasteiger partial charge in [0.05, 0.1) is 23.6 Å². The average Bonchev–Trinajstić information content (AvgIpc) is 2.74. The van der Waals surface area contributed by atoms with E-state index in [4.69, 9.17) is 9.47 Å². The molecule has 2 N–H and O–H groups in total. The van der Waals surface area contributed by atoms with Gasteiger partial charge in [0, 0.05) is 11.4 Å². The fraction of sp³-hybridized carbons (Fsp3) is 0.318. The maximum Gasteiger partial charge on any atom is 0.338 e. The smallest absolute Gasteiger partial charge is 0.338 e. The Labute approximate surface area is 179 Å². The third kappa shape index (κ3) is 5.33. The second-order valence-corrected chi connectivity index (χ2v) is 8.28. The van der Waals surface area contributed by atoms with Crippen molar-refractivity contribution in [3.8, 4) is 5.75 Å². The van der Waals surface area contributed by atoms with Crippen molar-refractivity contribution in [2.75, 3.05) is 19.0 Å². The molecule has 1 aliphatic rings. The molecule has 1 heterocycles. The second kappa shape index (κ2) is 9.67. The molecular weight excluding hydrogens is 404 g/mol. The molecule has 0 aromatic heterocycles. The lowest BCUT2D eigenvalue weighted by atomic mass is 10.1. The highest BCUT2D eigenvalue weighted by Crippen LogP contribution is 2.36. The van der Waals surface area contributed by atoms with Gasteiger partial charge >= 0.3 is 5.97 Å². The predicted octanol–water partition coefficient (Wildman–Crippen LogP) is 3.03. The van der Waals surface area contributed by atoms with E-state index in [1.165, 1.54) is 18.7 Å². The van der Waals surface area contributed by atoms with Crippen LogP contribution in [0.1, 0.15) is 29.8 Å². The molecule has 2 atom stereocenters. The Hall–Kier alpha value is -3.00. The average molecular weight is 429 g/mol. The zero-order chi connectivity index (χ0) is 21.7. The summed E-state index contributed by atoms with van der Waals surface area (Å²) in [6.07, 6.45) is -0.287. The summed E-state index contributed by atoms with van der Waals surface area (Å²) in [5.74, 6) is -0.318. The molecule has 2 amide bonds. The molecular formula is C22H24N2O5S. The van der Waals surface area contributed by atoms with Crippen LogP contribution in [0.15, 0.2) is 47.4 Å². The number of carbonyl (C=O) groups is 3. The Morgan fingerprint density at radius 3 is 2.63 bits per heavy atom. The summed E-state index contributed by atoms with van der Waals surface area (Å²) in [7, 11) is 1.61. The number of rotatable bonds is 7. The number of methoxy groups -OCH3 is 1. The first-order chi connectivity index (χ1) is 14.4. The zero-order valence-corrected chi connectivity index (χ0v) is 17.9. The van der Waals surface area contributed by atoms with Gasteiger partial charge in [-0.05, 0) is 56.2 Å². The minimum Gasteiger partial charge on any atom is -0.497 e. The van der Waals surface area contributed by atoms with Gasteiger partial charge in [0.25, 0.3) is 5.91 Å². The molecule has 0 fully saturated rings. The number of nitrogens with one attached hydrogen (secondary N) is 2. The molecule has 2 aromatic carbocycles. The molecule has 30 heavy (non-hydrogen) atoms. The van der Waals surface area contributed by atoms with Gasteiger partial charge in [0.1, 0.15) is 5.75 Å². The van der Waals surface area contributed by atoms with E-state index in [1.54, 1.807) is 25.3 Å². The van der Waals surface area contributed by atoms with Gasteiger partial charge in [-0.25, -0.2) is 4.79 Å². The summed E-state index contributed by atoms with van der Waals surface area (Å²) in [5, 5.41) is 5.36. The van der Waals surface area contributed by atoms with Crippen molar-refractivity contribution in [3.05, 3.63) is 53.6 Å². The Kier molecular flexibility index (Phi) is 6.99. The van der Waals surface area contributed by atoms with Gasteiger partial charge in [0.15, 0.2) is 6.10 Å². The van der Waals surface area contributed by atoms with Crippen LogP contribution in [0.4, 0.5) is 5.69 Å². The topological polar surface area (TPSA) is 93.7 Å². The summed E-state index contributed by atoms with van der Waals surface area (Å²) in [5.41, 5.74) is 1.92. The quantitative estimate of drug-likeness (QED) is 0.659. The number of anilines is 1. The number of fused-ring (bicyclic) bond motifs is 1. The first kappa shape index (κ1) is 21.7. The first-order valence-electron chi connectivity index (χ1n) is 9.60. The van der Waals surface area contributed by atoms with Crippen molar-refractivity contribution < 1.29 is 23.9 Å². The molecule has 2 aromatic rings. The molecule has 0 saturated carbocycles. The molecule has 0 radical (unpaired) electrons. The Morgan fingerprint density at radius 2 is 1.93 bits per heavy atom. The number of esters is 1. The number of benzene rings is 2. The third-order valence-electron chi connectivity index (χ3n) is 4.67. The van der Waals surface area contributed by atoms with Crippen LogP contribution in [0.25, 0.3) is 0 Å². The zero-order valence-electron chi connectivity index (χ0n) is 17.1. The minimum atomic E-state index is -0.937. The SMILES string of the molecule is COc1ccc(CCNC(=O)[C@@H](C)OC(=O)c2ccc3c(c2)NC(=O)[C@@H](C)S3)cc1. The molecule has 158 valence electrons. The van der Waals surface area contributed by atoms with Crippen LogP contribution in [0, 0.1) is 0 Å². The van der Waals surface area contributed by atoms with Gasteiger partial charge in [-0.1, -0.05) is 12.1 Å². The van der Waals surface area contributed by atoms with Gasteiger partial charge in [-0.15, -0.1) is 11.8 Å². The van der Waals surface area contributed by atoms with E-state index in [0.29, 0.717) is 18.7 Å². The van der Waals surface area contributed by atoms with Gasteiger partial charge in [-0.3, -0.25) is 9.59 Å². The molecule has 8 heteroatoms. The fourth-order valence-electron chi connectivity index (χ4n) is 2.88. The number of amides is 2. The number of thioether (sulfide) groups is 1. The van der Waals surface area contributed by atoms with E-state index >= 15 is 0 Å². The third-order valence-corrected chi connectivity index (χ3v) is 5.85. The van der Waals surface area contributed by atoms with E-state index in [1.807, 2.05) is 31.2 Å². The van der Waals surface area contributed by atoms with Crippen LogP contribution in [-0.4, -0.2) is 42.8 Å². The summed E-state index contributed by atoms with van der Waals surface area (Å²) in [4.78, 5) is 37.4. The van der Waals surface area contributed by atoms with Crippen LogP contribution in [-0.2, 0) is 20.7 Å². The normalized spacial score (nSPS) is 16.1. The number of hydrogen-bond donors (Lipinski definition) is 2. The van der Waals surface area contributed by atoms with E-state index in [9.17, 15) is 14.4 Å². The molecule has 3 rings (SSSR count). The number of ether oxygens (including phenoxy) is 2. The molecule has 0 saturated heterocycles. The fourth-order valence-corrected chi connectivity index (χ4v) is 3.81. The van der Waals surface area contributed by atoms with E-state index in [0.717, 1.165) is 16.2 Å². The van der Waals surface area contributed by atoms with Gasteiger partial charge in [-0.2, -0.15) is 0 Å². The van der Waals surface area contributed by atoms with Crippen molar-refractivity contribution >= 4 is 35.2 Å². The summed E-state index contributed by atoms with van der Waals surface area (Å²) in [6.45, 7) is 3.77. The lowest BCUT2D eigenvalue weighted by Crippen LogP contribution is -2.37. The molecule has 7 nitrogen and oxygen atoms in total. The molecule has 0 unspecified atom stereocenters. The lowest BCUT2D eigenvalue weighted by Gasteiger charge is -2.21. The van der Waals surface area contributed by atoms with E-state index < -0.39 is 12.1 Å². The lowest BCUT2D eigenvalue weighted by molar-refractivity contribution is -0.129. The van der Waals surface area contributed by atoms with Gasteiger partial charge < -0.3 is 20.1 Å². The van der Waals surface area contributed by atoms with Crippen LogP contribution in [0.5, 0.6) is 5.75 Å². The van der Waals surface area contributed by atoms with Gasteiger partial charge in [0.2, 0.25) is 5.91 Å². The summed E-state index contributed by atoms with van der Waals surface area (Å²) >= 11 is 1.43. The second-order valence-electron chi connectivity index (χ2n) is 6.90. The summed E-state index contributed by atoms with van der Waals surface area (Å²) in [6, 6.07) is 12.6. The Bertz CT molecular complexity index is 945. The Morgan fingerprint density at radius 1 is 1.20 bits per heavy atom. The molecule has 1 aliphatic heterocycles. The monoisotopic (exact) mass is 428 g/mol. The largest absolute Gasteiger partial charge is 0.497 e. The first-order valence-corrected chi connectivity index (χ1v) is 10.5. The number of carbonyl (C=O) groups excluding carboxylic acids is 3. The van der Waals surface area contributed by atoms with Crippen molar-refractivity contribution in [3.63, 3.8) is 0 Å². The molecule has 0 spiro atoms. The summed E-state index contributed by atoms with van der Waals surface area (Å²) < 4.78 is 10.4. The highest BCUT2D eigenvalue weighted by atomic mass is 32.2. The highest BCUT2D eigenvalue weighted by molar-refractivity contribution is 8.00. The molecule has 0 bridgehead atoms. The van der Waals surface area contributed by atoms with Crippen molar-refractivity contribution in [1.82, 2.24) is 5.32 Å². The van der Waals surface area contributed by atoms with Crippen LogP contribution in [0.3, 0.4) is 0 Å². The van der Waals surface area contributed by atoms with E-state index in [-0.39, 0.29) is 22.6 Å². The molecule has 0 aliphatic carbocycles. The van der Waals surface area contributed by atoms with Crippen molar-refractivity contribution in [2.24, 2.45) is 0 Å². The van der Waals surface area contributed by atoms with Crippen LogP contribution < -0.4 is 15.4 Å². The maximum absolute atomic E-state index is 12.4. The van der Waals surface area contributed by atoms with E-state index in [2.05, 4.69) is 10.6 Å². The Balaban J connectivity index is 1.50. The van der Waals surface area contributed by atoms with Crippen LogP contribution in [0.2, 0.25) is 0 Å². The highest BCUT2D eigenvalue weighted by Gasteiger charge is 2.25. The van der Waals surface area contributed by atoms with Crippen molar-refractivity contribution in [1.29, 1.82) is 0 Å². The maximum atomic E-state index is 12.4. The standard InChI is InChI=1S/C22H24N2O5S/c1-13(20(25)23-11-10-15-4-7-17(28-3)8-5-15)29-22(27)16-6-9-19-18(12-16)24-21(26)14(2)30-19/h4-9,12-14H,10-11H2,1-3H3,(H,23,25)(H,24,26)/t13-,14-/m1/s1. The number of hydrogen-bond acceptors (Lipinski definition) is 6. The minimum absolute atomic E-state index is 0.109. The van der Waals surface area contributed by atoms with Crippen molar-refractivity contribution in [2.45, 2.75) is 36.5 Å². The van der Waals surface area contributed by atoms with Crippen LogP contribution >= 0.6 is 11.8 Å².